The maximum absolute atomic E-state index is 11.8. The molecule has 0 aliphatic carbocycles. The fourth-order valence-corrected chi connectivity index (χ4v) is 2.90. The Labute approximate surface area is 159 Å². The van der Waals surface area contributed by atoms with E-state index < -0.39 is 0 Å². The third kappa shape index (κ3) is 9.12. The largest absolute Gasteiger partial charge is 0.493 e. The Bertz CT molecular complexity index is 499. The van der Waals surface area contributed by atoms with Gasteiger partial charge in [-0.25, -0.2) is 4.79 Å². The molecule has 0 saturated carbocycles. The third-order valence-electron chi connectivity index (χ3n) is 4.43. The van der Waals surface area contributed by atoms with E-state index in [1.165, 1.54) is 57.8 Å². The maximum Gasteiger partial charge on any atom is 0.338 e. The highest BCUT2D eigenvalue weighted by atomic mass is 16.5. The monoisotopic (exact) mass is 364 g/mol. The molecule has 0 unspecified atom stereocenters. The second-order valence-electron chi connectivity index (χ2n) is 6.62. The van der Waals surface area contributed by atoms with Crippen LogP contribution in [-0.2, 0) is 4.74 Å². The fraction of sp³-hybridized carbons (Fsp3) is 0.682. The van der Waals surface area contributed by atoms with Gasteiger partial charge in [0.15, 0.2) is 11.5 Å². The molecule has 0 fully saturated rings. The lowest BCUT2D eigenvalue weighted by atomic mass is 10.1. The lowest BCUT2D eigenvalue weighted by Crippen LogP contribution is -2.06. The van der Waals surface area contributed by atoms with Crippen LogP contribution in [0.2, 0.25) is 0 Å². The van der Waals surface area contributed by atoms with Crippen LogP contribution in [0.4, 0.5) is 0 Å². The highest BCUT2D eigenvalue weighted by Gasteiger charge is 2.11. The lowest BCUT2D eigenvalue weighted by molar-refractivity contribution is 0.0526. The molecule has 0 N–H and O–H groups in total. The average Bonchev–Trinajstić information content (AvgIpc) is 2.66. The summed E-state index contributed by atoms with van der Waals surface area (Å²) in [7, 11) is 1.58. The SMILES string of the molecule is CCCCCCCCCCCCOc1ccc(C(=O)OCC)cc1OC. The van der Waals surface area contributed by atoms with Crippen molar-refractivity contribution in [2.24, 2.45) is 0 Å². The van der Waals surface area contributed by atoms with Gasteiger partial charge < -0.3 is 14.2 Å². The number of rotatable bonds is 15. The number of benzene rings is 1. The number of esters is 1. The second-order valence-corrected chi connectivity index (χ2v) is 6.62. The van der Waals surface area contributed by atoms with E-state index in [1.807, 2.05) is 0 Å². The van der Waals surface area contributed by atoms with Crippen molar-refractivity contribution in [2.75, 3.05) is 20.3 Å². The van der Waals surface area contributed by atoms with Gasteiger partial charge >= 0.3 is 5.97 Å². The zero-order valence-corrected chi connectivity index (χ0v) is 16.9. The molecule has 0 aliphatic rings. The Morgan fingerprint density at radius 2 is 1.46 bits per heavy atom. The number of unbranched alkanes of at least 4 members (excludes halogenated alkanes) is 9. The van der Waals surface area contributed by atoms with E-state index in [2.05, 4.69) is 6.92 Å². The van der Waals surface area contributed by atoms with Crippen molar-refractivity contribution < 1.29 is 19.0 Å². The normalized spacial score (nSPS) is 10.6. The molecular weight excluding hydrogens is 328 g/mol. The van der Waals surface area contributed by atoms with Gasteiger partial charge in [0.2, 0.25) is 0 Å². The molecule has 0 radical (unpaired) electrons. The molecule has 4 nitrogen and oxygen atoms in total. The van der Waals surface area contributed by atoms with E-state index in [1.54, 1.807) is 32.2 Å². The minimum atomic E-state index is -0.341. The first kappa shape index (κ1) is 22.3. The average molecular weight is 365 g/mol. The second kappa shape index (κ2) is 14.5. The molecule has 0 heterocycles. The van der Waals surface area contributed by atoms with E-state index in [9.17, 15) is 4.79 Å². The van der Waals surface area contributed by atoms with Gasteiger partial charge in [-0.15, -0.1) is 0 Å². The zero-order valence-electron chi connectivity index (χ0n) is 16.9. The predicted octanol–water partition coefficient (Wildman–Crippen LogP) is 6.17. The van der Waals surface area contributed by atoms with Gasteiger partial charge in [-0.2, -0.15) is 0 Å². The van der Waals surface area contributed by atoms with Gasteiger partial charge in [0.05, 0.1) is 25.9 Å². The zero-order chi connectivity index (χ0) is 19.0. The summed E-state index contributed by atoms with van der Waals surface area (Å²) >= 11 is 0. The van der Waals surface area contributed by atoms with Gasteiger partial charge in [0.25, 0.3) is 0 Å². The number of hydrogen-bond donors (Lipinski definition) is 0. The lowest BCUT2D eigenvalue weighted by Gasteiger charge is -2.12. The summed E-state index contributed by atoms with van der Waals surface area (Å²) in [5.74, 6) is 0.908. The molecule has 1 rings (SSSR count). The van der Waals surface area contributed by atoms with Gasteiger partial charge in [-0.3, -0.25) is 0 Å². The van der Waals surface area contributed by atoms with Crippen LogP contribution in [0.5, 0.6) is 11.5 Å². The number of ether oxygens (including phenoxy) is 3. The first-order chi connectivity index (χ1) is 12.7. The van der Waals surface area contributed by atoms with E-state index in [4.69, 9.17) is 14.2 Å². The number of carbonyl (C=O) groups excluding carboxylic acids is 1. The van der Waals surface area contributed by atoms with Crippen molar-refractivity contribution >= 4 is 5.97 Å². The first-order valence-electron chi connectivity index (χ1n) is 10.2. The van der Waals surface area contributed by atoms with Crippen LogP contribution >= 0.6 is 0 Å². The molecule has 1 aromatic rings. The molecule has 1 aromatic carbocycles. The van der Waals surface area contributed by atoms with Gasteiger partial charge in [0.1, 0.15) is 0 Å². The molecule has 0 bridgehead atoms. The smallest absolute Gasteiger partial charge is 0.338 e. The van der Waals surface area contributed by atoms with Crippen LogP contribution in [0.3, 0.4) is 0 Å². The quantitative estimate of drug-likeness (QED) is 0.276. The highest BCUT2D eigenvalue weighted by Crippen LogP contribution is 2.28. The van der Waals surface area contributed by atoms with Crippen LogP contribution in [0.25, 0.3) is 0 Å². The van der Waals surface area contributed by atoms with E-state index >= 15 is 0 Å². The summed E-state index contributed by atoms with van der Waals surface area (Å²) in [5.41, 5.74) is 0.481. The molecule has 0 aromatic heterocycles. The molecule has 0 aliphatic heterocycles. The topological polar surface area (TPSA) is 44.8 Å². The Balaban J connectivity index is 2.19. The van der Waals surface area contributed by atoms with Crippen molar-refractivity contribution in [1.29, 1.82) is 0 Å². The van der Waals surface area contributed by atoms with Gasteiger partial charge in [0, 0.05) is 0 Å². The van der Waals surface area contributed by atoms with Crippen molar-refractivity contribution in [1.82, 2.24) is 0 Å². The Kier molecular flexibility index (Phi) is 12.4. The molecule has 26 heavy (non-hydrogen) atoms. The molecule has 4 heteroatoms. The Hall–Kier alpha value is -1.71. The van der Waals surface area contributed by atoms with Crippen LogP contribution in [-0.4, -0.2) is 26.3 Å². The molecule has 0 atom stereocenters. The van der Waals surface area contributed by atoms with Gasteiger partial charge in [-0.1, -0.05) is 64.7 Å². The van der Waals surface area contributed by atoms with E-state index in [0.29, 0.717) is 30.3 Å². The van der Waals surface area contributed by atoms with Crippen LogP contribution < -0.4 is 9.47 Å². The number of hydrogen-bond acceptors (Lipinski definition) is 4. The minimum absolute atomic E-state index is 0.341. The minimum Gasteiger partial charge on any atom is -0.493 e. The van der Waals surface area contributed by atoms with Crippen molar-refractivity contribution in [3.63, 3.8) is 0 Å². The summed E-state index contributed by atoms with van der Waals surface area (Å²) < 4.78 is 16.2. The van der Waals surface area contributed by atoms with Crippen molar-refractivity contribution in [2.45, 2.75) is 78.1 Å². The number of carbonyl (C=O) groups is 1. The highest BCUT2D eigenvalue weighted by molar-refractivity contribution is 5.90. The first-order valence-corrected chi connectivity index (χ1v) is 10.2. The maximum atomic E-state index is 11.8. The number of methoxy groups -OCH3 is 1. The van der Waals surface area contributed by atoms with Gasteiger partial charge in [-0.05, 0) is 31.5 Å². The Morgan fingerprint density at radius 1 is 0.846 bits per heavy atom. The molecular formula is C22H36O4. The van der Waals surface area contributed by atoms with E-state index in [-0.39, 0.29) is 5.97 Å². The molecule has 148 valence electrons. The standard InChI is InChI=1S/C22H36O4/c1-4-6-7-8-9-10-11-12-13-14-17-26-20-16-15-19(18-21(20)24-3)22(23)25-5-2/h15-16,18H,4-14,17H2,1-3H3. The van der Waals surface area contributed by atoms with Crippen molar-refractivity contribution in [3.05, 3.63) is 23.8 Å². The summed E-state index contributed by atoms with van der Waals surface area (Å²) in [5, 5.41) is 0. The molecule has 0 spiro atoms. The predicted molar refractivity (Wildman–Crippen MR) is 106 cm³/mol. The summed E-state index contributed by atoms with van der Waals surface area (Å²) in [6.45, 7) is 5.08. The summed E-state index contributed by atoms with van der Waals surface area (Å²) in [4.78, 5) is 11.8. The van der Waals surface area contributed by atoms with Crippen LogP contribution in [0.15, 0.2) is 18.2 Å². The van der Waals surface area contributed by atoms with Crippen LogP contribution in [0.1, 0.15) is 88.4 Å². The molecule has 0 saturated heterocycles. The third-order valence-corrected chi connectivity index (χ3v) is 4.43. The van der Waals surface area contributed by atoms with Crippen molar-refractivity contribution in [3.8, 4) is 11.5 Å². The summed E-state index contributed by atoms with van der Waals surface area (Å²) in [6, 6.07) is 5.17. The molecule has 0 amide bonds. The fourth-order valence-electron chi connectivity index (χ4n) is 2.90. The van der Waals surface area contributed by atoms with E-state index in [0.717, 1.165) is 6.42 Å². The Morgan fingerprint density at radius 3 is 2.04 bits per heavy atom. The van der Waals surface area contributed by atoms with Crippen LogP contribution in [0, 0.1) is 0 Å². The summed E-state index contributed by atoms with van der Waals surface area (Å²) in [6.07, 6.45) is 13.0.